The Labute approximate surface area is 113 Å². The number of carbonyl (C=O) groups is 1. The average molecular weight is 267 g/mol. The Hall–Kier alpha value is -1.59. The van der Waals surface area contributed by atoms with Gasteiger partial charge in [0.2, 0.25) is 0 Å². The van der Waals surface area contributed by atoms with E-state index in [1.54, 1.807) is 31.2 Å². The molecule has 0 spiro atoms. The van der Waals surface area contributed by atoms with Crippen molar-refractivity contribution in [3.63, 3.8) is 0 Å². The van der Waals surface area contributed by atoms with Gasteiger partial charge in [-0.15, -0.1) is 0 Å². The second kappa shape index (κ2) is 7.76. The summed E-state index contributed by atoms with van der Waals surface area (Å²) >= 11 is 0. The first kappa shape index (κ1) is 15.5. The van der Waals surface area contributed by atoms with Gasteiger partial charge in [-0.25, -0.2) is 4.79 Å². The van der Waals surface area contributed by atoms with Gasteiger partial charge >= 0.3 is 5.97 Å². The Balaban J connectivity index is 2.48. The maximum Gasteiger partial charge on any atom is 0.373 e. The highest BCUT2D eigenvalue weighted by Crippen LogP contribution is 2.15. The molecule has 0 aliphatic rings. The van der Waals surface area contributed by atoms with Gasteiger partial charge in [-0.3, -0.25) is 4.89 Å². The lowest BCUT2D eigenvalue weighted by Gasteiger charge is -2.10. The zero-order valence-corrected chi connectivity index (χ0v) is 11.6. The molecule has 1 aromatic carbocycles. The van der Waals surface area contributed by atoms with E-state index in [0.717, 1.165) is 0 Å². The molecule has 0 amide bonds. The van der Waals surface area contributed by atoms with Gasteiger partial charge in [0.1, 0.15) is 5.75 Å². The SMILES string of the molecule is COC[C](C)OOC(=O)c1ccc(OC(C)C)cc1. The summed E-state index contributed by atoms with van der Waals surface area (Å²) in [6.45, 7) is 5.81. The summed E-state index contributed by atoms with van der Waals surface area (Å²) in [7, 11) is 1.53. The van der Waals surface area contributed by atoms with E-state index in [1.807, 2.05) is 13.8 Å². The minimum atomic E-state index is -0.563. The molecule has 0 heterocycles. The molecule has 0 aromatic heterocycles. The van der Waals surface area contributed by atoms with Crippen LogP contribution in [0.4, 0.5) is 0 Å². The van der Waals surface area contributed by atoms with Gasteiger partial charge in [-0.1, -0.05) is 0 Å². The van der Waals surface area contributed by atoms with Gasteiger partial charge in [0.15, 0.2) is 6.10 Å². The second-order valence-electron chi connectivity index (χ2n) is 4.28. The molecule has 0 fully saturated rings. The summed E-state index contributed by atoms with van der Waals surface area (Å²) in [6.07, 6.45) is 0.558. The van der Waals surface area contributed by atoms with Gasteiger partial charge in [0.25, 0.3) is 0 Å². The molecule has 0 unspecified atom stereocenters. The maximum absolute atomic E-state index is 11.6. The van der Waals surface area contributed by atoms with Gasteiger partial charge in [0, 0.05) is 7.11 Å². The fourth-order valence-electron chi connectivity index (χ4n) is 1.33. The van der Waals surface area contributed by atoms with E-state index in [-0.39, 0.29) is 12.7 Å². The summed E-state index contributed by atoms with van der Waals surface area (Å²) < 4.78 is 10.3. The largest absolute Gasteiger partial charge is 0.491 e. The minimum absolute atomic E-state index is 0.0902. The Morgan fingerprint density at radius 1 is 1.16 bits per heavy atom. The molecule has 5 heteroatoms. The standard InChI is InChI=1S/C14H19O5/c1-10(2)17-13-7-5-12(6-8-13)14(15)19-18-11(3)9-16-4/h5-8,10H,9H2,1-4H3. The molecule has 19 heavy (non-hydrogen) atoms. The molecule has 0 atom stereocenters. The highest BCUT2D eigenvalue weighted by Gasteiger charge is 2.12. The number of carbonyl (C=O) groups excluding carboxylic acids is 1. The zero-order chi connectivity index (χ0) is 14.3. The minimum Gasteiger partial charge on any atom is -0.491 e. The topological polar surface area (TPSA) is 54.0 Å². The lowest BCUT2D eigenvalue weighted by Crippen LogP contribution is -2.12. The van der Waals surface area contributed by atoms with E-state index in [1.165, 1.54) is 7.11 Å². The van der Waals surface area contributed by atoms with Crippen molar-refractivity contribution in [2.24, 2.45) is 0 Å². The zero-order valence-electron chi connectivity index (χ0n) is 11.6. The highest BCUT2D eigenvalue weighted by molar-refractivity contribution is 5.89. The molecule has 105 valence electrons. The Morgan fingerprint density at radius 3 is 2.32 bits per heavy atom. The quantitative estimate of drug-likeness (QED) is 0.561. The second-order valence-corrected chi connectivity index (χ2v) is 4.28. The summed E-state index contributed by atoms with van der Waals surface area (Å²) in [6, 6.07) is 6.66. The highest BCUT2D eigenvalue weighted by atomic mass is 17.2. The molecule has 5 nitrogen and oxygen atoms in total. The van der Waals surface area contributed by atoms with Crippen LogP contribution in [-0.2, 0) is 14.5 Å². The molecule has 0 saturated heterocycles. The van der Waals surface area contributed by atoms with Crippen molar-refractivity contribution in [1.29, 1.82) is 0 Å². The lowest BCUT2D eigenvalue weighted by atomic mass is 10.2. The monoisotopic (exact) mass is 267 g/mol. The van der Waals surface area contributed by atoms with E-state index < -0.39 is 5.97 Å². The van der Waals surface area contributed by atoms with Crippen LogP contribution in [0, 0.1) is 6.10 Å². The lowest BCUT2D eigenvalue weighted by molar-refractivity contribution is -0.237. The molecule has 0 bridgehead atoms. The molecule has 1 radical (unpaired) electrons. The van der Waals surface area contributed by atoms with Crippen LogP contribution in [-0.4, -0.2) is 25.8 Å². The molecule has 0 saturated carbocycles. The fraction of sp³-hybridized carbons (Fsp3) is 0.429. The maximum atomic E-state index is 11.6. The Morgan fingerprint density at radius 2 is 1.79 bits per heavy atom. The first-order valence-corrected chi connectivity index (χ1v) is 6.00. The summed E-state index contributed by atoms with van der Waals surface area (Å²) in [5.74, 6) is 0.140. The number of hydrogen-bond donors (Lipinski definition) is 0. The van der Waals surface area contributed by atoms with E-state index >= 15 is 0 Å². The fourth-order valence-corrected chi connectivity index (χ4v) is 1.33. The van der Waals surface area contributed by atoms with Crippen molar-refractivity contribution in [1.82, 2.24) is 0 Å². The van der Waals surface area contributed by atoms with Crippen molar-refractivity contribution >= 4 is 5.97 Å². The van der Waals surface area contributed by atoms with Crippen LogP contribution in [0.3, 0.4) is 0 Å². The Bertz CT molecular complexity index is 385. The summed E-state index contributed by atoms with van der Waals surface area (Å²) in [5.41, 5.74) is 0.390. The van der Waals surface area contributed by atoms with E-state index in [2.05, 4.69) is 4.89 Å². The third kappa shape index (κ3) is 5.72. The van der Waals surface area contributed by atoms with Crippen molar-refractivity contribution < 1.29 is 24.0 Å². The molecule has 1 rings (SSSR count). The molecular formula is C14H19O5. The predicted octanol–water partition coefficient (Wildman–Crippen LogP) is 2.76. The van der Waals surface area contributed by atoms with Crippen molar-refractivity contribution in [3.05, 3.63) is 35.9 Å². The van der Waals surface area contributed by atoms with Crippen molar-refractivity contribution in [2.75, 3.05) is 13.7 Å². The van der Waals surface area contributed by atoms with Crippen molar-refractivity contribution in [2.45, 2.75) is 26.9 Å². The first-order chi connectivity index (χ1) is 9.02. The van der Waals surface area contributed by atoms with E-state index in [4.69, 9.17) is 14.4 Å². The third-order valence-electron chi connectivity index (χ3n) is 2.07. The smallest absolute Gasteiger partial charge is 0.373 e. The van der Waals surface area contributed by atoms with Gasteiger partial charge in [0.05, 0.1) is 18.3 Å². The number of rotatable bonds is 7. The molecule has 0 aliphatic carbocycles. The third-order valence-corrected chi connectivity index (χ3v) is 2.07. The number of hydrogen-bond acceptors (Lipinski definition) is 5. The van der Waals surface area contributed by atoms with Crippen LogP contribution in [0.2, 0.25) is 0 Å². The van der Waals surface area contributed by atoms with Gasteiger partial charge in [-0.2, -0.15) is 4.89 Å². The Kier molecular flexibility index (Phi) is 6.32. The molecule has 0 N–H and O–H groups in total. The van der Waals surface area contributed by atoms with E-state index in [0.29, 0.717) is 17.4 Å². The van der Waals surface area contributed by atoms with Crippen LogP contribution in [0.1, 0.15) is 31.1 Å². The molecule has 0 aliphatic heterocycles. The number of ether oxygens (including phenoxy) is 2. The van der Waals surface area contributed by atoms with Crippen LogP contribution >= 0.6 is 0 Å². The van der Waals surface area contributed by atoms with Crippen LogP contribution in [0.15, 0.2) is 24.3 Å². The van der Waals surface area contributed by atoms with Gasteiger partial charge < -0.3 is 9.47 Å². The van der Waals surface area contributed by atoms with Gasteiger partial charge in [-0.05, 0) is 45.0 Å². The average Bonchev–Trinajstić information content (AvgIpc) is 2.36. The van der Waals surface area contributed by atoms with E-state index in [9.17, 15) is 4.79 Å². The number of methoxy groups -OCH3 is 1. The molecular weight excluding hydrogens is 248 g/mol. The van der Waals surface area contributed by atoms with Crippen molar-refractivity contribution in [3.8, 4) is 5.75 Å². The van der Waals surface area contributed by atoms with Crippen LogP contribution in [0.5, 0.6) is 5.75 Å². The number of benzene rings is 1. The van der Waals surface area contributed by atoms with Crippen LogP contribution < -0.4 is 4.74 Å². The summed E-state index contributed by atoms with van der Waals surface area (Å²) in [5, 5.41) is 0. The summed E-state index contributed by atoms with van der Waals surface area (Å²) in [4.78, 5) is 21.1. The normalized spacial score (nSPS) is 10.8. The molecule has 1 aromatic rings. The van der Waals surface area contributed by atoms with Crippen LogP contribution in [0.25, 0.3) is 0 Å². The predicted molar refractivity (Wildman–Crippen MR) is 69.5 cm³/mol. The first-order valence-electron chi connectivity index (χ1n) is 6.00.